The molecule has 3 heterocycles. The van der Waals surface area contributed by atoms with Gasteiger partial charge in [-0.15, -0.1) is 0 Å². The summed E-state index contributed by atoms with van der Waals surface area (Å²) in [7, 11) is 0. The van der Waals surface area contributed by atoms with Crippen LogP contribution < -0.4 is 0 Å². The van der Waals surface area contributed by atoms with Crippen molar-refractivity contribution < 1.29 is 9.18 Å². The molecule has 4 rings (SSSR count). The molecule has 2 aromatic rings. The third-order valence-corrected chi connectivity index (χ3v) is 5.27. The molecule has 140 valence electrons. The van der Waals surface area contributed by atoms with Crippen LogP contribution in [0.2, 0.25) is 0 Å². The summed E-state index contributed by atoms with van der Waals surface area (Å²) in [6.07, 6.45) is 4.73. The van der Waals surface area contributed by atoms with Crippen LogP contribution in [-0.2, 0) is 17.8 Å². The number of amides is 1. The quantitative estimate of drug-likeness (QED) is 0.826. The molecule has 0 N–H and O–H groups in total. The first-order valence-corrected chi connectivity index (χ1v) is 9.41. The monoisotopic (exact) mass is 366 g/mol. The van der Waals surface area contributed by atoms with Gasteiger partial charge in [-0.05, 0) is 56.5 Å². The number of halogens is 1. The molecular weight excluding hydrogens is 343 g/mol. The van der Waals surface area contributed by atoms with E-state index < -0.39 is 0 Å². The highest BCUT2D eigenvalue weighted by atomic mass is 19.1. The summed E-state index contributed by atoms with van der Waals surface area (Å²) in [5.41, 5.74) is 4.75. The minimum absolute atomic E-state index is 0.0215. The molecule has 0 spiro atoms. The Labute approximate surface area is 158 Å². The third-order valence-electron chi connectivity index (χ3n) is 5.27. The van der Waals surface area contributed by atoms with Crippen LogP contribution in [0.15, 0.2) is 47.2 Å². The number of benzene rings is 1. The van der Waals surface area contributed by atoms with Crippen molar-refractivity contribution in [2.45, 2.75) is 39.7 Å². The lowest BCUT2D eigenvalue weighted by atomic mass is 9.97. The first-order valence-electron chi connectivity index (χ1n) is 9.41. The Balaban J connectivity index is 1.52. The molecule has 0 radical (unpaired) electrons. The normalized spacial score (nSPS) is 18.9. The van der Waals surface area contributed by atoms with Crippen LogP contribution in [0, 0.1) is 11.7 Å². The van der Waals surface area contributed by atoms with E-state index in [-0.39, 0.29) is 18.3 Å². The number of aromatic nitrogens is 2. The smallest absolute Gasteiger partial charge is 0.248 e. The molecule has 0 aliphatic carbocycles. The van der Waals surface area contributed by atoms with Gasteiger partial charge in [0.15, 0.2) is 0 Å². The summed E-state index contributed by atoms with van der Waals surface area (Å²) in [5.74, 6) is 0.106. The largest absolute Gasteiger partial charge is 0.315 e. The van der Waals surface area contributed by atoms with Crippen LogP contribution in [0.25, 0.3) is 11.3 Å². The second-order valence-corrected chi connectivity index (χ2v) is 7.22. The first-order chi connectivity index (χ1) is 13.0. The van der Waals surface area contributed by atoms with Crippen molar-refractivity contribution >= 4 is 11.6 Å². The zero-order valence-electron chi connectivity index (χ0n) is 15.7. The lowest BCUT2D eigenvalue weighted by Crippen LogP contribution is -2.30. The summed E-state index contributed by atoms with van der Waals surface area (Å²) in [6.45, 7) is 4.98. The van der Waals surface area contributed by atoms with E-state index in [1.165, 1.54) is 12.1 Å². The maximum Gasteiger partial charge on any atom is 0.248 e. The number of hydrogen-bond acceptors (Lipinski definition) is 3. The Hall–Kier alpha value is -2.76. The van der Waals surface area contributed by atoms with Crippen molar-refractivity contribution in [1.82, 2.24) is 14.7 Å². The van der Waals surface area contributed by atoms with E-state index in [0.717, 1.165) is 47.6 Å². The number of carbonyl (C=O) groups excluding carboxylic acids is 1. The average Bonchev–Trinajstić information content (AvgIpc) is 3.25. The Bertz CT molecular complexity index is 926. The molecule has 6 heteroatoms. The predicted molar refractivity (Wildman–Crippen MR) is 103 cm³/mol. The van der Waals surface area contributed by atoms with Gasteiger partial charge in [0.1, 0.15) is 12.4 Å². The van der Waals surface area contributed by atoms with Crippen LogP contribution in [-0.4, -0.2) is 32.8 Å². The van der Waals surface area contributed by atoms with Gasteiger partial charge >= 0.3 is 0 Å². The summed E-state index contributed by atoms with van der Waals surface area (Å²) in [6, 6.07) is 8.23. The highest BCUT2D eigenvalue weighted by Crippen LogP contribution is 2.31. The number of nitrogens with zero attached hydrogens (tertiary/aromatic N) is 4. The maximum absolute atomic E-state index is 13.2. The number of rotatable bonds is 4. The van der Waals surface area contributed by atoms with Gasteiger partial charge in [-0.2, -0.15) is 5.10 Å². The fourth-order valence-corrected chi connectivity index (χ4v) is 3.70. The molecule has 1 amide bonds. The predicted octanol–water partition coefficient (Wildman–Crippen LogP) is 3.81. The fraction of sp³-hybridized carbons (Fsp3) is 0.381. The maximum atomic E-state index is 13.2. The van der Waals surface area contributed by atoms with Gasteiger partial charge in [0, 0.05) is 35.6 Å². The van der Waals surface area contributed by atoms with E-state index in [1.54, 1.807) is 21.7 Å². The zero-order valence-corrected chi connectivity index (χ0v) is 15.7. The topological polar surface area (TPSA) is 50.5 Å². The minimum atomic E-state index is -0.273. The van der Waals surface area contributed by atoms with Gasteiger partial charge < -0.3 is 4.90 Å². The van der Waals surface area contributed by atoms with E-state index in [1.807, 2.05) is 26.1 Å². The van der Waals surface area contributed by atoms with Crippen molar-refractivity contribution in [2.24, 2.45) is 10.9 Å². The number of aliphatic imine (C=N–C) groups is 1. The third kappa shape index (κ3) is 3.56. The van der Waals surface area contributed by atoms with Gasteiger partial charge in [0.25, 0.3) is 0 Å². The van der Waals surface area contributed by atoms with Crippen LogP contribution in [0.5, 0.6) is 0 Å². The molecule has 0 saturated heterocycles. The van der Waals surface area contributed by atoms with Gasteiger partial charge in [-0.1, -0.05) is 6.92 Å². The Morgan fingerprint density at radius 1 is 1.30 bits per heavy atom. The van der Waals surface area contributed by atoms with Crippen molar-refractivity contribution in [3.8, 4) is 11.3 Å². The van der Waals surface area contributed by atoms with Crippen molar-refractivity contribution in [3.63, 3.8) is 0 Å². The molecule has 0 saturated carbocycles. The van der Waals surface area contributed by atoms with Gasteiger partial charge in [0.05, 0.1) is 11.4 Å². The van der Waals surface area contributed by atoms with Gasteiger partial charge in [-0.25, -0.2) is 4.39 Å². The number of aryl methyl sites for hydroxylation is 1. The second kappa shape index (κ2) is 7.10. The van der Waals surface area contributed by atoms with Crippen LogP contribution in [0.1, 0.15) is 32.4 Å². The summed E-state index contributed by atoms with van der Waals surface area (Å²) < 4.78 is 14.9. The van der Waals surface area contributed by atoms with Gasteiger partial charge in [-0.3, -0.25) is 14.5 Å². The highest BCUT2D eigenvalue weighted by molar-refractivity contribution is 5.84. The van der Waals surface area contributed by atoms with Crippen molar-refractivity contribution in [1.29, 1.82) is 0 Å². The van der Waals surface area contributed by atoms with Crippen molar-refractivity contribution in [2.75, 3.05) is 6.54 Å². The van der Waals surface area contributed by atoms with Crippen LogP contribution >= 0.6 is 0 Å². The zero-order chi connectivity index (χ0) is 19.0. The van der Waals surface area contributed by atoms with E-state index in [4.69, 9.17) is 0 Å². The highest BCUT2D eigenvalue weighted by Gasteiger charge is 2.30. The summed E-state index contributed by atoms with van der Waals surface area (Å²) in [5, 5.41) is 4.59. The number of carbonyl (C=O) groups is 1. The number of hydrogen-bond donors (Lipinski definition) is 0. The average molecular weight is 366 g/mol. The summed E-state index contributed by atoms with van der Waals surface area (Å²) >= 11 is 0. The molecule has 0 bridgehead atoms. The summed E-state index contributed by atoms with van der Waals surface area (Å²) in [4.78, 5) is 19.2. The molecule has 5 nitrogen and oxygen atoms in total. The van der Waals surface area contributed by atoms with E-state index >= 15 is 0 Å². The molecule has 1 unspecified atom stereocenters. The lowest BCUT2D eigenvalue weighted by molar-refractivity contribution is -0.129. The fourth-order valence-electron chi connectivity index (χ4n) is 3.70. The second-order valence-electron chi connectivity index (χ2n) is 7.22. The van der Waals surface area contributed by atoms with Crippen LogP contribution in [0.3, 0.4) is 0 Å². The SMILES string of the molecule is CCc1cc(-c2ccc(F)cc2)nn1CC(=O)N1C=C2N=C(C)CCC2C1. The molecule has 27 heavy (non-hydrogen) atoms. The van der Waals surface area contributed by atoms with Crippen molar-refractivity contribution in [3.05, 3.63) is 53.7 Å². The molecular formula is C21H23FN4O. The first kappa shape index (κ1) is 17.6. The molecule has 1 aromatic carbocycles. The molecule has 2 aliphatic heterocycles. The lowest BCUT2D eigenvalue weighted by Gasteiger charge is -2.19. The standard InChI is InChI=1S/C21H23FN4O/c1-3-18-10-19(15-6-8-17(22)9-7-15)24-26(18)13-21(27)25-11-16-5-4-14(2)23-20(16)12-25/h6-10,12,16H,3-5,11,13H2,1-2H3. The molecule has 1 atom stereocenters. The Kier molecular flexibility index (Phi) is 4.64. The Morgan fingerprint density at radius 3 is 2.81 bits per heavy atom. The molecule has 1 aromatic heterocycles. The Morgan fingerprint density at radius 2 is 2.07 bits per heavy atom. The molecule has 0 fully saturated rings. The minimum Gasteiger partial charge on any atom is -0.315 e. The van der Waals surface area contributed by atoms with E-state index in [9.17, 15) is 9.18 Å². The number of fused-ring (bicyclic) bond motifs is 1. The van der Waals surface area contributed by atoms with E-state index in [2.05, 4.69) is 10.1 Å². The van der Waals surface area contributed by atoms with E-state index in [0.29, 0.717) is 12.5 Å². The van der Waals surface area contributed by atoms with Gasteiger partial charge in [0.2, 0.25) is 5.91 Å². The van der Waals surface area contributed by atoms with Crippen LogP contribution in [0.4, 0.5) is 4.39 Å². The molecule has 2 aliphatic rings.